The van der Waals surface area contributed by atoms with Gasteiger partial charge in [-0.15, -0.1) is 0 Å². The highest BCUT2D eigenvalue weighted by Crippen LogP contribution is 2.31. The van der Waals surface area contributed by atoms with E-state index < -0.39 is 5.54 Å². The van der Waals surface area contributed by atoms with Gasteiger partial charge in [-0.2, -0.15) is 0 Å². The molecular formula is C15H18ClN3O. The Kier molecular flexibility index (Phi) is 3.30. The summed E-state index contributed by atoms with van der Waals surface area (Å²) < 4.78 is 0. The van der Waals surface area contributed by atoms with Crippen LogP contribution in [0.5, 0.6) is 0 Å². The van der Waals surface area contributed by atoms with Crippen molar-refractivity contribution in [1.29, 1.82) is 0 Å². The van der Waals surface area contributed by atoms with E-state index in [1.54, 1.807) is 0 Å². The second kappa shape index (κ2) is 4.86. The van der Waals surface area contributed by atoms with E-state index >= 15 is 0 Å². The maximum atomic E-state index is 12.3. The summed E-state index contributed by atoms with van der Waals surface area (Å²) >= 11 is 5.98. The van der Waals surface area contributed by atoms with Crippen LogP contribution in [0.15, 0.2) is 23.2 Å². The highest BCUT2D eigenvalue weighted by Gasteiger charge is 2.45. The number of carbonyl (C=O) groups excluding carboxylic acids is 1. The van der Waals surface area contributed by atoms with Crippen molar-refractivity contribution >= 4 is 23.3 Å². The lowest BCUT2D eigenvalue weighted by molar-refractivity contribution is -0.125. The average molecular weight is 292 g/mol. The zero-order valence-electron chi connectivity index (χ0n) is 11.7. The van der Waals surface area contributed by atoms with E-state index in [9.17, 15) is 4.79 Å². The van der Waals surface area contributed by atoms with Crippen LogP contribution in [-0.4, -0.2) is 42.3 Å². The number of likely N-dealkylation sites (tertiary alicyclic amines) is 1. The number of hydrogen-bond acceptors (Lipinski definition) is 3. The topological polar surface area (TPSA) is 44.7 Å². The van der Waals surface area contributed by atoms with Crippen LogP contribution in [-0.2, 0) is 4.79 Å². The number of amidine groups is 1. The van der Waals surface area contributed by atoms with Crippen molar-refractivity contribution in [2.24, 2.45) is 4.99 Å². The largest absolute Gasteiger partial charge is 0.308 e. The van der Waals surface area contributed by atoms with Crippen LogP contribution in [0.3, 0.4) is 0 Å². The summed E-state index contributed by atoms with van der Waals surface area (Å²) in [4.78, 5) is 19.3. The van der Waals surface area contributed by atoms with Crippen molar-refractivity contribution in [1.82, 2.24) is 10.2 Å². The Bertz CT molecular complexity index is 589. The summed E-state index contributed by atoms with van der Waals surface area (Å²) in [5.41, 5.74) is 1.42. The second-order valence-corrected chi connectivity index (χ2v) is 6.15. The molecule has 1 aromatic rings. The van der Waals surface area contributed by atoms with Crippen molar-refractivity contribution < 1.29 is 4.79 Å². The summed E-state index contributed by atoms with van der Waals surface area (Å²) in [5.74, 6) is 0.726. The van der Waals surface area contributed by atoms with Crippen LogP contribution in [0.4, 0.5) is 0 Å². The number of piperidine rings is 1. The van der Waals surface area contributed by atoms with Gasteiger partial charge in [0.25, 0.3) is 5.91 Å². The highest BCUT2D eigenvalue weighted by atomic mass is 35.5. The molecule has 0 atom stereocenters. The molecule has 1 amide bonds. The average Bonchev–Trinajstić information content (AvgIpc) is 2.71. The van der Waals surface area contributed by atoms with Gasteiger partial charge in [-0.05, 0) is 50.6 Å². The Morgan fingerprint density at radius 1 is 1.35 bits per heavy atom. The molecule has 0 bridgehead atoms. The molecule has 1 spiro atoms. The van der Waals surface area contributed by atoms with Gasteiger partial charge in [0.05, 0.1) is 0 Å². The molecule has 0 aliphatic carbocycles. The number of hydrogen-bond donors (Lipinski definition) is 1. The van der Waals surface area contributed by atoms with Gasteiger partial charge in [-0.1, -0.05) is 11.6 Å². The molecule has 0 radical (unpaired) electrons. The summed E-state index contributed by atoms with van der Waals surface area (Å²) in [7, 11) is 2.08. The third kappa shape index (κ3) is 2.23. The van der Waals surface area contributed by atoms with E-state index in [0.29, 0.717) is 10.9 Å². The van der Waals surface area contributed by atoms with Gasteiger partial charge in [-0.3, -0.25) is 9.79 Å². The van der Waals surface area contributed by atoms with Crippen molar-refractivity contribution in [2.75, 3.05) is 20.1 Å². The minimum absolute atomic E-state index is 0.0370. The monoisotopic (exact) mass is 291 g/mol. The summed E-state index contributed by atoms with van der Waals surface area (Å²) in [6, 6.07) is 5.65. The fraction of sp³-hybridized carbons (Fsp3) is 0.467. The fourth-order valence-electron chi connectivity index (χ4n) is 2.86. The Balaban J connectivity index is 1.94. The number of nitrogens with one attached hydrogen (secondary N) is 1. The quantitative estimate of drug-likeness (QED) is 0.860. The molecule has 4 nitrogen and oxygen atoms in total. The SMILES string of the molecule is Cc1cc(Cl)ccc1C1=NC2(CCN(C)CC2)C(=O)N1. The molecule has 1 fully saturated rings. The Labute approximate surface area is 123 Å². The number of nitrogens with zero attached hydrogens (tertiary/aromatic N) is 2. The molecule has 1 N–H and O–H groups in total. The second-order valence-electron chi connectivity index (χ2n) is 5.71. The van der Waals surface area contributed by atoms with Gasteiger partial charge in [0.1, 0.15) is 11.4 Å². The first kappa shape index (κ1) is 13.6. The first-order valence-corrected chi connectivity index (χ1v) is 7.24. The molecule has 106 valence electrons. The Morgan fingerprint density at radius 3 is 2.70 bits per heavy atom. The molecule has 2 aliphatic rings. The number of aliphatic imine (C=N–C) groups is 1. The molecule has 5 heteroatoms. The van der Waals surface area contributed by atoms with Gasteiger partial charge in [0, 0.05) is 23.7 Å². The fourth-order valence-corrected chi connectivity index (χ4v) is 3.09. The predicted molar refractivity (Wildman–Crippen MR) is 80.3 cm³/mol. The van der Waals surface area contributed by atoms with Crippen LogP contribution in [0, 0.1) is 6.92 Å². The molecule has 0 unspecified atom stereocenters. The summed E-state index contributed by atoms with van der Waals surface area (Å²) in [6.45, 7) is 3.79. The van der Waals surface area contributed by atoms with Crippen molar-refractivity contribution in [3.8, 4) is 0 Å². The molecule has 1 aromatic carbocycles. The van der Waals surface area contributed by atoms with Gasteiger partial charge < -0.3 is 10.2 Å². The number of halogens is 1. The van der Waals surface area contributed by atoms with E-state index in [1.165, 1.54) is 0 Å². The van der Waals surface area contributed by atoms with Crippen molar-refractivity contribution in [3.63, 3.8) is 0 Å². The molecule has 1 saturated heterocycles. The molecule has 2 aliphatic heterocycles. The maximum absolute atomic E-state index is 12.3. The molecule has 0 saturated carbocycles. The van der Waals surface area contributed by atoms with Crippen molar-refractivity contribution in [3.05, 3.63) is 34.3 Å². The van der Waals surface area contributed by atoms with E-state index in [1.807, 2.05) is 25.1 Å². The standard InChI is InChI=1S/C15H18ClN3O/c1-10-9-11(16)3-4-12(10)13-17-14(20)15(18-13)5-7-19(2)8-6-15/h3-4,9H,5-8H2,1-2H3,(H,17,18,20). The Morgan fingerprint density at radius 2 is 2.05 bits per heavy atom. The normalized spacial score (nSPS) is 21.9. The van der Waals surface area contributed by atoms with Crippen LogP contribution >= 0.6 is 11.6 Å². The van der Waals surface area contributed by atoms with Gasteiger partial charge >= 0.3 is 0 Å². The van der Waals surface area contributed by atoms with Gasteiger partial charge in [-0.25, -0.2) is 0 Å². The lowest BCUT2D eigenvalue weighted by Crippen LogP contribution is -2.47. The van der Waals surface area contributed by atoms with E-state index in [-0.39, 0.29) is 5.91 Å². The molecular weight excluding hydrogens is 274 g/mol. The lowest BCUT2D eigenvalue weighted by atomic mass is 9.88. The van der Waals surface area contributed by atoms with Crippen LogP contribution in [0.25, 0.3) is 0 Å². The molecule has 3 rings (SSSR count). The third-order valence-corrected chi connectivity index (χ3v) is 4.47. The van der Waals surface area contributed by atoms with Crippen LogP contribution in [0.1, 0.15) is 24.0 Å². The van der Waals surface area contributed by atoms with Crippen LogP contribution < -0.4 is 5.32 Å². The number of aryl methyl sites for hydroxylation is 1. The first-order valence-electron chi connectivity index (χ1n) is 6.87. The van der Waals surface area contributed by atoms with Crippen molar-refractivity contribution in [2.45, 2.75) is 25.3 Å². The van der Waals surface area contributed by atoms with Gasteiger partial charge in [0.2, 0.25) is 0 Å². The number of amides is 1. The van der Waals surface area contributed by atoms with Crippen LogP contribution in [0.2, 0.25) is 5.02 Å². The highest BCUT2D eigenvalue weighted by molar-refractivity contribution is 6.30. The minimum atomic E-state index is -0.562. The lowest BCUT2D eigenvalue weighted by Gasteiger charge is -2.33. The smallest absolute Gasteiger partial charge is 0.253 e. The predicted octanol–water partition coefficient (Wildman–Crippen LogP) is 1.99. The number of rotatable bonds is 1. The Hall–Kier alpha value is -1.39. The molecule has 0 aromatic heterocycles. The first-order chi connectivity index (χ1) is 9.50. The summed E-state index contributed by atoms with van der Waals surface area (Å²) in [6.07, 6.45) is 1.57. The minimum Gasteiger partial charge on any atom is -0.308 e. The number of benzene rings is 1. The van der Waals surface area contributed by atoms with E-state index in [0.717, 1.165) is 37.1 Å². The molecule has 2 heterocycles. The number of carbonyl (C=O) groups is 1. The summed E-state index contributed by atoms with van der Waals surface area (Å²) in [5, 5.41) is 3.65. The van der Waals surface area contributed by atoms with Gasteiger partial charge in [0.15, 0.2) is 0 Å². The third-order valence-electron chi connectivity index (χ3n) is 4.24. The van der Waals surface area contributed by atoms with E-state index in [2.05, 4.69) is 17.3 Å². The maximum Gasteiger partial charge on any atom is 0.253 e. The van der Waals surface area contributed by atoms with E-state index in [4.69, 9.17) is 16.6 Å². The zero-order valence-corrected chi connectivity index (χ0v) is 12.5. The zero-order chi connectivity index (χ0) is 14.3. The molecule has 20 heavy (non-hydrogen) atoms.